The molecule has 2 aromatic heterocycles. The van der Waals surface area contributed by atoms with Crippen LogP contribution in [0.1, 0.15) is 5.69 Å². The van der Waals surface area contributed by atoms with Crippen molar-refractivity contribution in [2.24, 2.45) is 0 Å². The summed E-state index contributed by atoms with van der Waals surface area (Å²) in [6.45, 7) is 0.551. The van der Waals surface area contributed by atoms with Gasteiger partial charge in [-0.05, 0) is 28.1 Å². The van der Waals surface area contributed by atoms with Gasteiger partial charge in [0.15, 0.2) is 5.65 Å². The van der Waals surface area contributed by atoms with Gasteiger partial charge in [0.1, 0.15) is 4.60 Å². The van der Waals surface area contributed by atoms with Crippen molar-refractivity contribution < 1.29 is 4.92 Å². The van der Waals surface area contributed by atoms with Gasteiger partial charge in [0, 0.05) is 24.0 Å². The highest BCUT2D eigenvalue weighted by atomic mass is 79.9. The molecule has 0 fully saturated rings. The molecule has 3 rings (SSSR count). The fourth-order valence-electron chi connectivity index (χ4n) is 1.94. The number of fused-ring (bicyclic) bond motifs is 1. The monoisotopic (exact) mass is 347 g/mol. The van der Waals surface area contributed by atoms with Crippen molar-refractivity contribution in [1.82, 2.24) is 14.4 Å². The van der Waals surface area contributed by atoms with Crippen molar-refractivity contribution in [1.29, 1.82) is 0 Å². The Morgan fingerprint density at radius 1 is 1.24 bits per heavy atom. The van der Waals surface area contributed by atoms with E-state index in [1.807, 2.05) is 10.6 Å². The molecule has 1 aromatic carbocycles. The van der Waals surface area contributed by atoms with Gasteiger partial charge in [0.25, 0.3) is 5.69 Å². The van der Waals surface area contributed by atoms with Crippen molar-refractivity contribution in [3.63, 3.8) is 0 Å². The highest BCUT2D eigenvalue weighted by Gasteiger charge is 2.06. The first kappa shape index (κ1) is 13.5. The Labute approximate surface area is 127 Å². The molecule has 1 N–H and O–H groups in total. The number of nitrogens with one attached hydrogen (secondary N) is 1. The van der Waals surface area contributed by atoms with Gasteiger partial charge >= 0.3 is 0 Å². The molecule has 8 heteroatoms. The van der Waals surface area contributed by atoms with E-state index in [1.165, 1.54) is 12.1 Å². The van der Waals surface area contributed by atoms with Gasteiger partial charge in [-0.1, -0.05) is 0 Å². The second-order valence-corrected chi connectivity index (χ2v) is 5.16. The Morgan fingerprint density at radius 2 is 2.00 bits per heavy atom. The third-order valence-corrected chi connectivity index (χ3v) is 3.40. The van der Waals surface area contributed by atoms with Crippen LogP contribution >= 0.6 is 15.9 Å². The number of rotatable bonds is 4. The van der Waals surface area contributed by atoms with Crippen molar-refractivity contribution in [3.8, 4) is 0 Å². The van der Waals surface area contributed by atoms with E-state index in [0.29, 0.717) is 6.54 Å². The van der Waals surface area contributed by atoms with Crippen LogP contribution in [0.2, 0.25) is 0 Å². The largest absolute Gasteiger partial charge is 0.379 e. The summed E-state index contributed by atoms with van der Waals surface area (Å²) in [5.74, 6) is 0. The lowest BCUT2D eigenvalue weighted by atomic mass is 10.3. The van der Waals surface area contributed by atoms with E-state index < -0.39 is 4.92 Å². The number of nitrogens with zero attached hydrogens (tertiary/aromatic N) is 4. The summed E-state index contributed by atoms with van der Waals surface area (Å²) in [7, 11) is 0. The Morgan fingerprint density at radius 3 is 2.71 bits per heavy atom. The lowest BCUT2D eigenvalue weighted by molar-refractivity contribution is -0.384. The van der Waals surface area contributed by atoms with E-state index in [2.05, 4.69) is 31.2 Å². The number of imidazole rings is 1. The quantitative estimate of drug-likeness (QED) is 0.579. The van der Waals surface area contributed by atoms with Crippen LogP contribution in [-0.4, -0.2) is 19.3 Å². The lowest BCUT2D eigenvalue weighted by Gasteiger charge is -2.06. The molecule has 7 nitrogen and oxygen atoms in total. The molecule has 0 atom stereocenters. The Hall–Kier alpha value is -2.48. The van der Waals surface area contributed by atoms with Crippen LogP contribution in [0.3, 0.4) is 0 Å². The third kappa shape index (κ3) is 2.84. The molecule has 0 bridgehead atoms. The molecule has 106 valence electrons. The lowest BCUT2D eigenvalue weighted by Crippen LogP contribution is -2.03. The fraction of sp³-hybridized carbons (Fsp3) is 0.0769. The molecule has 0 spiro atoms. The summed E-state index contributed by atoms with van der Waals surface area (Å²) < 4.78 is 2.65. The van der Waals surface area contributed by atoms with Gasteiger partial charge in [0.05, 0.1) is 29.6 Å². The van der Waals surface area contributed by atoms with E-state index in [9.17, 15) is 10.1 Å². The first-order chi connectivity index (χ1) is 10.1. The van der Waals surface area contributed by atoms with Crippen LogP contribution in [-0.2, 0) is 6.54 Å². The van der Waals surface area contributed by atoms with E-state index in [-0.39, 0.29) is 5.69 Å². The van der Waals surface area contributed by atoms with Crippen LogP contribution in [0, 0.1) is 10.1 Å². The zero-order valence-electron chi connectivity index (χ0n) is 10.7. The molecule has 0 aliphatic heterocycles. The van der Waals surface area contributed by atoms with E-state index >= 15 is 0 Å². The van der Waals surface area contributed by atoms with Gasteiger partial charge in [-0.3, -0.25) is 14.5 Å². The molecule has 2 heterocycles. The molecule has 0 radical (unpaired) electrons. The first-order valence-corrected chi connectivity index (χ1v) is 6.88. The summed E-state index contributed by atoms with van der Waals surface area (Å²) in [4.78, 5) is 18.6. The predicted molar refractivity (Wildman–Crippen MR) is 81.1 cm³/mol. The second-order valence-electron chi connectivity index (χ2n) is 4.35. The van der Waals surface area contributed by atoms with Gasteiger partial charge < -0.3 is 5.32 Å². The second kappa shape index (κ2) is 5.49. The minimum absolute atomic E-state index is 0.0744. The topological polar surface area (TPSA) is 85.4 Å². The van der Waals surface area contributed by atoms with Crippen LogP contribution in [0.5, 0.6) is 0 Å². The van der Waals surface area contributed by atoms with Gasteiger partial charge in [0.2, 0.25) is 0 Å². The SMILES string of the molecule is O=[N+]([O-])c1ccc(NCc2cnc3cnc(Br)cn23)cc1. The first-order valence-electron chi connectivity index (χ1n) is 6.09. The fourth-order valence-corrected chi connectivity index (χ4v) is 2.25. The molecular formula is C13H10BrN5O2. The average molecular weight is 348 g/mol. The van der Waals surface area contributed by atoms with Crippen LogP contribution < -0.4 is 5.32 Å². The standard InChI is InChI=1S/C13H10BrN5O2/c14-12-8-18-11(6-17-13(18)7-16-12)5-15-9-1-3-10(4-2-9)19(20)21/h1-4,6-8,15H,5H2. The number of nitro benzene ring substituents is 1. The van der Waals surface area contributed by atoms with Crippen LogP contribution in [0.25, 0.3) is 5.65 Å². The highest BCUT2D eigenvalue weighted by Crippen LogP contribution is 2.17. The van der Waals surface area contributed by atoms with Gasteiger partial charge in [-0.15, -0.1) is 0 Å². The maximum Gasteiger partial charge on any atom is 0.269 e. The van der Waals surface area contributed by atoms with Crippen molar-refractivity contribution in [3.05, 3.63) is 63.3 Å². The minimum atomic E-state index is -0.418. The number of aromatic nitrogens is 3. The number of anilines is 1. The van der Waals surface area contributed by atoms with Gasteiger partial charge in [-0.2, -0.15) is 0 Å². The predicted octanol–water partition coefficient (Wildman–Crippen LogP) is 3.01. The number of halogens is 1. The van der Waals surface area contributed by atoms with Crippen LogP contribution in [0.15, 0.2) is 47.5 Å². The zero-order chi connectivity index (χ0) is 14.8. The van der Waals surface area contributed by atoms with Crippen molar-refractivity contribution >= 4 is 33.0 Å². The Bertz CT molecular complexity index is 800. The Kier molecular flexibility index (Phi) is 3.53. The molecule has 0 unspecified atom stereocenters. The number of hydrogen-bond donors (Lipinski definition) is 1. The molecule has 3 aromatic rings. The third-order valence-electron chi connectivity index (χ3n) is 2.99. The number of nitro groups is 1. The average Bonchev–Trinajstić information content (AvgIpc) is 2.88. The maximum atomic E-state index is 10.6. The van der Waals surface area contributed by atoms with Crippen LogP contribution in [0.4, 0.5) is 11.4 Å². The molecular weight excluding hydrogens is 338 g/mol. The number of benzene rings is 1. The normalized spacial score (nSPS) is 10.7. The summed E-state index contributed by atoms with van der Waals surface area (Å²) >= 11 is 3.32. The van der Waals surface area contributed by atoms with E-state index in [1.54, 1.807) is 24.5 Å². The molecule has 0 aliphatic carbocycles. The molecule has 0 amide bonds. The zero-order valence-corrected chi connectivity index (χ0v) is 12.3. The van der Waals surface area contributed by atoms with E-state index in [4.69, 9.17) is 0 Å². The van der Waals surface area contributed by atoms with Crippen molar-refractivity contribution in [2.45, 2.75) is 6.54 Å². The smallest absolute Gasteiger partial charge is 0.269 e. The Balaban J connectivity index is 1.77. The van der Waals surface area contributed by atoms with Crippen molar-refractivity contribution in [2.75, 3.05) is 5.32 Å². The molecule has 0 saturated carbocycles. The van der Waals surface area contributed by atoms with E-state index in [0.717, 1.165) is 21.6 Å². The minimum Gasteiger partial charge on any atom is -0.379 e. The molecule has 0 saturated heterocycles. The number of non-ortho nitro benzene ring substituents is 1. The summed E-state index contributed by atoms with van der Waals surface area (Å²) in [5, 5.41) is 13.8. The highest BCUT2D eigenvalue weighted by molar-refractivity contribution is 9.10. The van der Waals surface area contributed by atoms with Gasteiger partial charge in [-0.25, -0.2) is 9.97 Å². The maximum absolute atomic E-state index is 10.6. The summed E-state index contributed by atoms with van der Waals surface area (Å²) in [5.41, 5.74) is 2.61. The molecule has 0 aliphatic rings. The number of hydrogen-bond acceptors (Lipinski definition) is 5. The summed E-state index contributed by atoms with van der Waals surface area (Å²) in [6.07, 6.45) is 5.29. The summed E-state index contributed by atoms with van der Waals surface area (Å²) in [6, 6.07) is 6.30. The molecule has 21 heavy (non-hydrogen) atoms.